The van der Waals surface area contributed by atoms with Gasteiger partial charge in [-0.25, -0.2) is 9.37 Å². The first kappa shape index (κ1) is 18.8. The number of halogens is 1. The predicted octanol–water partition coefficient (Wildman–Crippen LogP) is 4.17. The molecule has 1 aliphatic heterocycles. The molecule has 2 aromatic carbocycles. The van der Waals surface area contributed by atoms with Crippen LogP contribution in [0.15, 0.2) is 60.9 Å². The van der Waals surface area contributed by atoms with Crippen molar-refractivity contribution in [3.05, 3.63) is 78.1 Å². The van der Waals surface area contributed by atoms with E-state index in [1.807, 2.05) is 36.0 Å². The molecule has 146 valence electrons. The molecule has 1 fully saturated rings. The van der Waals surface area contributed by atoms with Crippen molar-refractivity contribution in [1.82, 2.24) is 14.5 Å². The lowest BCUT2D eigenvalue weighted by molar-refractivity contribution is 0.0492. The van der Waals surface area contributed by atoms with Crippen LogP contribution in [0.2, 0.25) is 0 Å². The molecule has 0 spiro atoms. The van der Waals surface area contributed by atoms with Crippen LogP contribution in [0, 0.1) is 11.7 Å². The van der Waals surface area contributed by atoms with E-state index in [9.17, 15) is 9.50 Å². The molecule has 4 rings (SSSR count). The molecule has 0 aliphatic carbocycles. The number of aryl methyl sites for hydroxylation is 1. The van der Waals surface area contributed by atoms with E-state index in [0.717, 1.165) is 49.4 Å². The first-order chi connectivity index (χ1) is 13.6. The minimum Gasteiger partial charge on any atom is -0.385 e. The van der Waals surface area contributed by atoms with Gasteiger partial charge in [0.1, 0.15) is 17.7 Å². The number of rotatable bonds is 5. The molecule has 1 saturated heterocycles. The number of aliphatic hydroxyl groups excluding tert-OH is 1. The second kappa shape index (κ2) is 8.25. The van der Waals surface area contributed by atoms with Crippen molar-refractivity contribution >= 4 is 0 Å². The summed E-state index contributed by atoms with van der Waals surface area (Å²) in [6.07, 6.45) is 5.02. The molecular formula is C23H26FN3O. The van der Waals surface area contributed by atoms with Crippen molar-refractivity contribution < 1.29 is 9.50 Å². The molecule has 0 unspecified atom stereocenters. The summed E-state index contributed by atoms with van der Waals surface area (Å²) in [4.78, 5) is 6.72. The summed E-state index contributed by atoms with van der Waals surface area (Å²) in [6.45, 7) is 2.78. The standard InChI is InChI=1S/C23H26FN3O/c1-26-13-10-25-23(26)22(28)18-8-11-27(12-9-18)16-17-4-2-5-19(14-17)20-6-3-7-21(24)15-20/h2-7,10,13-15,18,22,28H,8-9,11-12,16H2,1H3/t22-/m0/s1. The molecule has 1 aromatic heterocycles. The molecule has 3 aromatic rings. The Kier molecular flexibility index (Phi) is 5.55. The minimum absolute atomic E-state index is 0.212. The molecule has 0 bridgehead atoms. The summed E-state index contributed by atoms with van der Waals surface area (Å²) >= 11 is 0. The molecular weight excluding hydrogens is 353 g/mol. The number of benzene rings is 2. The lowest BCUT2D eigenvalue weighted by Gasteiger charge is -2.34. The molecule has 28 heavy (non-hydrogen) atoms. The van der Waals surface area contributed by atoms with E-state index in [1.54, 1.807) is 18.3 Å². The van der Waals surface area contributed by atoms with Gasteiger partial charge in [-0.15, -0.1) is 0 Å². The van der Waals surface area contributed by atoms with Crippen molar-refractivity contribution in [3.8, 4) is 11.1 Å². The second-order valence-electron chi connectivity index (χ2n) is 7.67. The Labute approximate surface area is 165 Å². The van der Waals surface area contributed by atoms with Gasteiger partial charge in [0.25, 0.3) is 0 Å². The number of hydrogen-bond acceptors (Lipinski definition) is 3. The topological polar surface area (TPSA) is 41.3 Å². The van der Waals surface area contributed by atoms with Gasteiger partial charge < -0.3 is 9.67 Å². The zero-order chi connectivity index (χ0) is 19.5. The molecule has 1 aliphatic rings. The summed E-state index contributed by atoms with van der Waals surface area (Å²) in [5.74, 6) is 0.786. The molecule has 4 nitrogen and oxygen atoms in total. The fourth-order valence-electron chi connectivity index (χ4n) is 4.08. The van der Waals surface area contributed by atoms with Crippen LogP contribution in [0.3, 0.4) is 0 Å². The van der Waals surface area contributed by atoms with Gasteiger partial charge in [-0.05, 0) is 66.7 Å². The number of hydrogen-bond donors (Lipinski definition) is 1. The summed E-state index contributed by atoms with van der Waals surface area (Å²) < 4.78 is 15.4. The number of aliphatic hydroxyl groups is 1. The average Bonchev–Trinajstić information content (AvgIpc) is 3.14. The molecule has 1 N–H and O–H groups in total. The van der Waals surface area contributed by atoms with Crippen LogP contribution < -0.4 is 0 Å². The van der Waals surface area contributed by atoms with E-state index in [4.69, 9.17) is 0 Å². The van der Waals surface area contributed by atoms with Gasteiger partial charge in [0.15, 0.2) is 0 Å². The smallest absolute Gasteiger partial charge is 0.137 e. The molecule has 1 atom stereocenters. The van der Waals surface area contributed by atoms with E-state index in [-0.39, 0.29) is 11.7 Å². The van der Waals surface area contributed by atoms with Crippen molar-refractivity contribution in [3.63, 3.8) is 0 Å². The van der Waals surface area contributed by atoms with Crippen LogP contribution in [0.4, 0.5) is 4.39 Å². The van der Waals surface area contributed by atoms with Crippen LogP contribution in [-0.4, -0.2) is 32.6 Å². The number of likely N-dealkylation sites (tertiary alicyclic amines) is 1. The number of nitrogens with zero attached hydrogens (tertiary/aromatic N) is 3. The first-order valence-electron chi connectivity index (χ1n) is 9.82. The summed E-state index contributed by atoms with van der Waals surface area (Å²) in [6, 6.07) is 15.0. The Morgan fingerprint density at radius 1 is 1.11 bits per heavy atom. The van der Waals surface area contributed by atoms with E-state index in [0.29, 0.717) is 0 Å². The summed E-state index contributed by atoms with van der Waals surface area (Å²) in [5.41, 5.74) is 3.17. The number of aromatic nitrogens is 2. The van der Waals surface area contributed by atoms with Crippen LogP contribution in [0.5, 0.6) is 0 Å². The van der Waals surface area contributed by atoms with Crippen LogP contribution in [0.25, 0.3) is 11.1 Å². The van der Waals surface area contributed by atoms with E-state index >= 15 is 0 Å². The maximum absolute atomic E-state index is 13.5. The lowest BCUT2D eigenvalue weighted by atomic mass is 9.90. The normalized spacial score (nSPS) is 17.0. The molecule has 2 heterocycles. The minimum atomic E-state index is -0.501. The van der Waals surface area contributed by atoms with Gasteiger partial charge in [-0.2, -0.15) is 0 Å². The Bertz CT molecular complexity index is 931. The quantitative estimate of drug-likeness (QED) is 0.723. The number of piperidine rings is 1. The second-order valence-corrected chi connectivity index (χ2v) is 7.67. The Morgan fingerprint density at radius 3 is 2.50 bits per heavy atom. The largest absolute Gasteiger partial charge is 0.385 e. The van der Waals surface area contributed by atoms with Crippen LogP contribution >= 0.6 is 0 Å². The van der Waals surface area contributed by atoms with Crippen molar-refractivity contribution in [2.75, 3.05) is 13.1 Å². The maximum Gasteiger partial charge on any atom is 0.137 e. The average molecular weight is 379 g/mol. The van der Waals surface area contributed by atoms with E-state index < -0.39 is 6.10 Å². The van der Waals surface area contributed by atoms with Gasteiger partial charge in [0.05, 0.1) is 0 Å². The summed E-state index contributed by atoms with van der Waals surface area (Å²) in [5, 5.41) is 10.6. The fraction of sp³-hybridized carbons (Fsp3) is 0.348. The maximum atomic E-state index is 13.5. The SMILES string of the molecule is Cn1ccnc1[C@@H](O)C1CCN(Cc2cccc(-c3cccc(F)c3)c2)CC1. The van der Waals surface area contributed by atoms with Crippen LogP contribution in [0.1, 0.15) is 30.3 Å². The Balaban J connectivity index is 1.37. The number of imidazole rings is 1. The Morgan fingerprint density at radius 2 is 1.82 bits per heavy atom. The molecule has 0 saturated carbocycles. The third-order valence-corrected chi connectivity index (χ3v) is 5.69. The highest BCUT2D eigenvalue weighted by atomic mass is 19.1. The van der Waals surface area contributed by atoms with E-state index in [1.165, 1.54) is 11.6 Å². The zero-order valence-electron chi connectivity index (χ0n) is 16.1. The van der Waals surface area contributed by atoms with Gasteiger partial charge in [-0.1, -0.05) is 30.3 Å². The van der Waals surface area contributed by atoms with Gasteiger partial charge in [0.2, 0.25) is 0 Å². The highest BCUT2D eigenvalue weighted by Crippen LogP contribution is 2.30. The molecule has 0 radical (unpaired) electrons. The first-order valence-corrected chi connectivity index (χ1v) is 9.82. The summed E-state index contributed by atoms with van der Waals surface area (Å²) in [7, 11) is 1.92. The van der Waals surface area contributed by atoms with Crippen molar-refractivity contribution in [1.29, 1.82) is 0 Å². The molecule has 5 heteroatoms. The third-order valence-electron chi connectivity index (χ3n) is 5.69. The Hall–Kier alpha value is -2.50. The fourth-order valence-corrected chi connectivity index (χ4v) is 4.08. The lowest BCUT2D eigenvalue weighted by Crippen LogP contribution is -2.35. The van der Waals surface area contributed by atoms with Gasteiger partial charge >= 0.3 is 0 Å². The predicted molar refractivity (Wildman–Crippen MR) is 108 cm³/mol. The van der Waals surface area contributed by atoms with Crippen molar-refractivity contribution in [2.45, 2.75) is 25.5 Å². The van der Waals surface area contributed by atoms with Crippen molar-refractivity contribution in [2.24, 2.45) is 13.0 Å². The molecule has 0 amide bonds. The zero-order valence-corrected chi connectivity index (χ0v) is 16.1. The van der Waals surface area contributed by atoms with Gasteiger partial charge in [0, 0.05) is 26.0 Å². The highest BCUT2D eigenvalue weighted by molar-refractivity contribution is 5.64. The third kappa shape index (κ3) is 4.16. The van der Waals surface area contributed by atoms with Gasteiger partial charge in [-0.3, -0.25) is 4.90 Å². The monoisotopic (exact) mass is 379 g/mol. The van der Waals surface area contributed by atoms with E-state index in [2.05, 4.69) is 22.0 Å². The highest BCUT2D eigenvalue weighted by Gasteiger charge is 2.28. The van der Waals surface area contributed by atoms with Crippen LogP contribution in [-0.2, 0) is 13.6 Å².